The van der Waals surface area contributed by atoms with Gasteiger partial charge in [0, 0.05) is 24.4 Å². The number of aryl methyl sites for hydroxylation is 1. The van der Waals surface area contributed by atoms with Gasteiger partial charge in [0.05, 0.1) is 7.11 Å². The first-order valence-corrected chi connectivity index (χ1v) is 6.39. The SMILES string of the molecule is CCC[C@@H](C(=O)O)N(C)c1ncc(C)c(OC)c1C. The van der Waals surface area contributed by atoms with Crippen molar-refractivity contribution in [3.05, 3.63) is 17.3 Å². The lowest BCUT2D eigenvalue weighted by Gasteiger charge is -2.27. The Kier molecular flexibility index (Phi) is 5.15. The molecule has 1 aromatic heterocycles. The van der Waals surface area contributed by atoms with Gasteiger partial charge in [-0.2, -0.15) is 0 Å². The number of carbonyl (C=O) groups is 1. The molecule has 0 fully saturated rings. The van der Waals surface area contributed by atoms with Crippen LogP contribution in [0.1, 0.15) is 30.9 Å². The van der Waals surface area contributed by atoms with Crippen molar-refractivity contribution in [2.24, 2.45) is 0 Å². The molecule has 0 aliphatic carbocycles. The Labute approximate surface area is 114 Å². The maximum Gasteiger partial charge on any atom is 0.326 e. The third-order valence-electron chi connectivity index (χ3n) is 3.27. The summed E-state index contributed by atoms with van der Waals surface area (Å²) in [6.45, 7) is 5.79. The van der Waals surface area contributed by atoms with Crippen LogP contribution in [0.5, 0.6) is 5.75 Å². The third kappa shape index (κ3) is 3.16. The van der Waals surface area contributed by atoms with Crippen LogP contribution >= 0.6 is 0 Å². The van der Waals surface area contributed by atoms with E-state index >= 15 is 0 Å². The number of anilines is 1. The summed E-state index contributed by atoms with van der Waals surface area (Å²) in [5.41, 5.74) is 1.81. The average Bonchev–Trinajstić information content (AvgIpc) is 2.35. The molecule has 0 aliphatic rings. The fourth-order valence-corrected chi connectivity index (χ4v) is 2.28. The zero-order valence-corrected chi connectivity index (χ0v) is 12.2. The molecule has 106 valence electrons. The second-order valence-electron chi connectivity index (χ2n) is 4.68. The van der Waals surface area contributed by atoms with Crippen LogP contribution in [0.4, 0.5) is 5.82 Å². The predicted octanol–water partition coefficient (Wildman–Crippen LogP) is 2.40. The molecule has 1 N–H and O–H groups in total. The van der Waals surface area contributed by atoms with Crippen LogP contribution in [0.15, 0.2) is 6.20 Å². The standard InChI is InChI=1S/C14H22N2O3/c1-6-7-11(14(17)18)16(4)13-10(3)12(19-5)9(2)8-15-13/h8,11H,6-7H2,1-5H3,(H,17,18)/t11-/m0/s1. The average molecular weight is 266 g/mol. The Morgan fingerprint density at radius 3 is 2.63 bits per heavy atom. The Morgan fingerprint density at radius 2 is 2.16 bits per heavy atom. The highest BCUT2D eigenvalue weighted by atomic mass is 16.5. The van der Waals surface area contributed by atoms with E-state index in [1.165, 1.54) is 0 Å². The molecule has 1 rings (SSSR count). The van der Waals surface area contributed by atoms with E-state index in [9.17, 15) is 9.90 Å². The molecular weight excluding hydrogens is 244 g/mol. The molecule has 5 heteroatoms. The van der Waals surface area contributed by atoms with Crippen LogP contribution in [0.25, 0.3) is 0 Å². The number of aromatic nitrogens is 1. The number of ether oxygens (including phenoxy) is 1. The van der Waals surface area contributed by atoms with E-state index in [4.69, 9.17) is 4.74 Å². The number of carboxylic acids is 1. The van der Waals surface area contributed by atoms with Crippen LogP contribution in [-0.4, -0.2) is 36.3 Å². The summed E-state index contributed by atoms with van der Waals surface area (Å²) < 4.78 is 5.35. The molecule has 0 saturated heterocycles. The van der Waals surface area contributed by atoms with Crippen LogP contribution in [0.2, 0.25) is 0 Å². The molecule has 0 radical (unpaired) electrons. The summed E-state index contributed by atoms with van der Waals surface area (Å²) in [4.78, 5) is 17.4. The predicted molar refractivity (Wildman–Crippen MR) is 75.0 cm³/mol. The first-order chi connectivity index (χ1) is 8.93. The summed E-state index contributed by atoms with van der Waals surface area (Å²) in [6, 6.07) is -0.566. The van der Waals surface area contributed by atoms with Crippen molar-refractivity contribution in [1.29, 1.82) is 0 Å². The third-order valence-corrected chi connectivity index (χ3v) is 3.27. The Balaban J connectivity index is 3.18. The van der Waals surface area contributed by atoms with Gasteiger partial charge in [0.15, 0.2) is 0 Å². The monoisotopic (exact) mass is 266 g/mol. The first-order valence-electron chi connectivity index (χ1n) is 6.39. The quantitative estimate of drug-likeness (QED) is 0.856. The maximum absolute atomic E-state index is 11.3. The highest BCUT2D eigenvalue weighted by Crippen LogP contribution is 2.30. The molecule has 19 heavy (non-hydrogen) atoms. The zero-order valence-electron chi connectivity index (χ0n) is 12.2. The summed E-state index contributed by atoms with van der Waals surface area (Å²) in [7, 11) is 3.37. The zero-order chi connectivity index (χ0) is 14.6. The van der Waals surface area contributed by atoms with E-state index in [1.807, 2.05) is 20.8 Å². The molecule has 1 heterocycles. The van der Waals surface area contributed by atoms with Gasteiger partial charge in [-0.1, -0.05) is 13.3 Å². The van der Waals surface area contributed by atoms with Crippen LogP contribution in [-0.2, 0) is 4.79 Å². The smallest absolute Gasteiger partial charge is 0.326 e. The van der Waals surface area contributed by atoms with Gasteiger partial charge in [-0.15, -0.1) is 0 Å². The number of nitrogens with zero attached hydrogens (tertiary/aromatic N) is 2. The minimum Gasteiger partial charge on any atom is -0.496 e. The van der Waals surface area contributed by atoms with Crippen molar-refractivity contribution in [1.82, 2.24) is 4.98 Å². The number of rotatable bonds is 6. The normalized spacial score (nSPS) is 12.1. The lowest BCUT2D eigenvalue weighted by Crippen LogP contribution is -2.39. The maximum atomic E-state index is 11.3. The number of hydrogen-bond acceptors (Lipinski definition) is 4. The molecule has 1 atom stereocenters. The molecule has 5 nitrogen and oxygen atoms in total. The van der Waals surface area contributed by atoms with Crippen LogP contribution in [0.3, 0.4) is 0 Å². The number of pyridine rings is 1. The highest BCUT2D eigenvalue weighted by molar-refractivity contribution is 5.78. The summed E-state index contributed by atoms with van der Waals surface area (Å²) in [5, 5.41) is 9.31. The van der Waals surface area contributed by atoms with Crippen molar-refractivity contribution < 1.29 is 14.6 Å². The van der Waals surface area contributed by atoms with E-state index in [1.54, 1.807) is 25.3 Å². The number of carboxylic acid groups (broad SMARTS) is 1. The number of methoxy groups -OCH3 is 1. The van der Waals surface area contributed by atoms with Gasteiger partial charge >= 0.3 is 5.97 Å². The van der Waals surface area contributed by atoms with Gasteiger partial charge in [-0.3, -0.25) is 0 Å². The molecule has 1 aromatic rings. The minimum absolute atomic E-state index is 0.566. The first kappa shape index (κ1) is 15.3. The van der Waals surface area contributed by atoms with Crippen LogP contribution < -0.4 is 9.64 Å². The molecular formula is C14H22N2O3. The summed E-state index contributed by atoms with van der Waals surface area (Å²) in [5.74, 6) is 0.589. The molecule has 0 unspecified atom stereocenters. The number of likely N-dealkylation sites (N-methyl/N-ethyl adjacent to an activating group) is 1. The largest absolute Gasteiger partial charge is 0.496 e. The Bertz CT molecular complexity index is 460. The van der Waals surface area contributed by atoms with Crippen molar-refractivity contribution >= 4 is 11.8 Å². The molecule has 0 bridgehead atoms. The van der Waals surface area contributed by atoms with Gasteiger partial charge in [-0.05, 0) is 20.3 Å². The summed E-state index contributed by atoms with van der Waals surface area (Å²) in [6.07, 6.45) is 3.11. The van der Waals surface area contributed by atoms with Crippen molar-refractivity contribution in [2.45, 2.75) is 39.7 Å². The van der Waals surface area contributed by atoms with Crippen molar-refractivity contribution in [2.75, 3.05) is 19.1 Å². The van der Waals surface area contributed by atoms with Gasteiger partial charge in [0.25, 0.3) is 0 Å². The second kappa shape index (κ2) is 6.41. The van der Waals surface area contributed by atoms with E-state index < -0.39 is 12.0 Å². The highest BCUT2D eigenvalue weighted by Gasteiger charge is 2.25. The number of hydrogen-bond donors (Lipinski definition) is 1. The molecule has 0 amide bonds. The van der Waals surface area contributed by atoms with Gasteiger partial charge in [0.2, 0.25) is 0 Å². The van der Waals surface area contributed by atoms with Gasteiger partial charge in [0.1, 0.15) is 17.6 Å². The summed E-state index contributed by atoms with van der Waals surface area (Å²) >= 11 is 0. The number of aliphatic carboxylic acids is 1. The fourth-order valence-electron chi connectivity index (χ4n) is 2.28. The van der Waals surface area contributed by atoms with E-state index in [0.29, 0.717) is 12.2 Å². The molecule has 0 saturated carbocycles. The Hall–Kier alpha value is -1.78. The fraction of sp³-hybridized carbons (Fsp3) is 0.571. The molecule has 0 spiro atoms. The van der Waals surface area contributed by atoms with E-state index in [0.717, 1.165) is 23.3 Å². The van der Waals surface area contributed by atoms with Gasteiger partial charge in [-0.25, -0.2) is 9.78 Å². The van der Waals surface area contributed by atoms with Crippen LogP contribution in [0, 0.1) is 13.8 Å². The lowest BCUT2D eigenvalue weighted by molar-refractivity contribution is -0.138. The Morgan fingerprint density at radius 1 is 1.53 bits per heavy atom. The van der Waals surface area contributed by atoms with E-state index in [-0.39, 0.29) is 0 Å². The van der Waals surface area contributed by atoms with E-state index in [2.05, 4.69) is 4.98 Å². The molecule has 0 aromatic carbocycles. The molecule has 0 aliphatic heterocycles. The van der Waals surface area contributed by atoms with Crippen molar-refractivity contribution in [3.8, 4) is 5.75 Å². The van der Waals surface area contributed by atoms with Crippen molar-refractivity contribution in [3.63, 3.8) is 0 Å². The second-order valence-corrected chi connectivity index (χ2v) is 4.68. The van der Waals surface area contributed by atoms with Gasteiger partial charge < -0.3 is 14.7 Å². The minimum atomic E-state index is -0.829. The topological polar surface area (TPSA) is 62.7 Å². The lowest BCUT2D eigenvalue weighted by atomic mass is 10.1.